The molecule has 0 unspecified atom stereocenters. The van der Waals surface area contributed by atoms with Gasteiger partial charge in [0, 0.05) is 18.4 Å². The molecular weight excluding hydrogens is 310 g/mol. The Kier molecular flexibility index (Phi) is 5.94. The summed E-state index contributed by atoms with van der Waals surface area (Å²) in [4.78, 5) is 24.1. The fourth-order valence-electron chi connectivity index (χ4n) is 2.23. The molecule has 0 radical (unpaired) electrons. The van der Waals surface area contributed by atoms with Gasteiger partial charge in [0.2, 0.25) is 5.91 Å². The molecule has 0 aromatic heterocycles. The van der Waals surface area contributed by atoms with Crippen LogP contribution >= 0.6 is 11.6 Å². The Morgan fingerprint density at radius 1 is 1.04 bits per heavy atom. The molecule has 23 heavy (non-hydrogen) atoms. The molecule has 2 aromatic carbocycles. The van der Waals surface area contributed by atoms with Crippen LogP contribution in [-0.2, 0) is 11.2 Å². The lowest BCUT2D eigenvalue weighted by atomic mass is 10.0. The summed E-state index contributed by atoms with van der Waals surface area (Å²) in [7, 11) is 0. The average Bonchev–Trinajstić information content (AvgIpc) is 2.55. The number of anilines is 1. The summed E-state index contributed by atoms with van der Waals surface area (Å²) in [5.41, 5.74) is 3.43. The maximum atomic E-state index is 12.1. The molecule has 0 fully saturated rings. The van der Waals surface area contributed by atoms with Crippen LogP contribution in [0, 0.1) is 6.92 Å². The fourth-order valence-corrected chi connectivity index (χ4v) is 2.51. The van der Waals surface area contributed by atoms with Crippen molar-refractivity contribution in [2.75, 3.05) is 5.32 Å². The van der Waals surface area contributed by atoms with Crippen LogP contribution in [0.15, 0.2) is 42.5 Å². The quantitative estimate of drug-likeness (QED) is 0.773. The number of hydrogen-bond donors (Lipinski definition) is 1. The van der Waals surface area contributed by atoms with Gasteiger partial charge in [-0.2, -0.15) is 0 Å². The normalized spacial score (nSPS) is 10.4. The van der Waals surface area contributed by atoms with Crippen molar-refractivity contribution in [2.45, 2.75) is 33.1 Å². The molecule has 120 valence electrons. The highest BCUT2D eigenvalue weighted by Gasteiger charge is 2.11. The average molecular weight is 330 g/mol. The Morgan fingerprint density at radius 2 is 1.74 bits per heavy atom. The molecule has 0 aliphatic carbocycles. The van der Waals surface area contributed by atoms with Gasteiger partial charge in [0.1, 0.15) is 0 Å². The van der Waals surface area contributed by atoms with E-state index in [0.717, 1.165) is 12.0 Å². The van der Waals surface area contributed by atoms with Gasteiger partial charge in [0.05, 0.1) is 10.7 Å². The number of benzene rings is 2. The summed E-state index contributed by atoms with van der Waals surface area (Å²) < 4.78 is 0. The van der Waals surface area contributed by atoms with Gasteiger partial charge in [-0.1, -0.05) is 48.9 Å². The second kappa shape index (κ2) is 7.93. The Morgan fingerprint density at radius 3 is 2.35 bits per heavy atom. The van der Waals surface area contributed by atoms with E-state index >= 15 is 0 Å². The number of Topliss-reactive ketones (excluding diaryl/α,β-unsaturated/α-hetero) is 1. The summed E-state index contributed by atoms with van der Waals surface area (Å²) in [5.74, 6) is -0.243. The lowest BCUT2D eigenvalue weighted by molar-refractivity contribution is -0.116. The van der Waals surface area contributed by atoms with E-state index in [4.69, 9.17) is 11.6 Å². The van der Waals surface area contributed by atoms with Crippen molar-refractivity contribution < 1.29 is 9.59 Å². The molecule has 0 heterocycles. The summed E-state index contributed by atoms with van der Waals surface area (Å²) in [6.07, 6.45) is 1.26. The first kappa shape index (κ1) is 17.2. The molecule has 0 aliphatic heterocycles. The third-order valence-corrected chi connectivity index (χ3v) is 3.97. The number of aryl methyl sites for hydroxylation is 2. The van der Waals surface area contributed by atoms with Crippen LogP contribution in [0.5, 0.6) is 0 Å². The number of amides is 1. The van der Waals surface area contributed by atoms with Gasteiger partial charge >= 0.3 is 0 Å². The van der Waals surface area contributed by atoms with Crippen molar-refractivity contribution in [1.29, 1.82) is 0 Å². The summed E-state index contributed by atoms with van der Waals surface area (Å²) >= 11 is 6.08. The standard InChI is InChI=1S/C19H20ClNO2/c1-3-14-5-7-15(8-6-14)18(22)10-11-19(23)21-17-9-4-13(2)12-16(17)20/h4-9,12H,3,10-11H2,1-2H3,(H,21,23). The van der Waals surface area contributed by atoms with E-state index in [-0.39, 0.29) is 24.5 Å². The van der Waals surface area contributed by atoms with Crippen molar-refractivity contribution in [1.82, 2.24) is 0 Å². The zero-order valence-electron chi connectivity index (χ0n) is 13.4. The van der Waals surface area contributed by atoms with Crippen LogP contribution in [0.1, 0.15) is 41.3 Å². The molecule has 0 aliphatic rings. The van der Waals surface area contributed by atoms with E-state index in [1.165, 1.54) is 5.56 Å². The minimum Gasteiger partial charge on any atom is -0.325 e. The highest BCUT2D eigenvalue weighted by molar-refractivity contribution is 6.33. The predicted octanol–water partition coefficient (Wildman–Crippen LogP) is 4.81. The molecule has 2 aromatic rings. The number of ketones is 1. The Balaban J connectivity index is 1.89. The van der Waals surface area contributed by atoms with E-state index in [1.807, 2.05) is 37.3 Å². The van der Waals surface area contributed by atoms with Gasteiger partial charge in [-0.3, -0.25) is 9.59 Å². The number of nitrogens with one attached hydrogen (secondary N) is 1. The molecule has 1 N–H and O–H groups in total. The van der Waals surface area contributed by atoms with Crippen LogP contribution in [0.2, 0.25) is 5.02 Å². The first-order chi connectivity index (χ1) is 11.0. The summed E-state index contributed by atoms with van der Waals surface area (Å²) in [5, 5.41) is 3.24. The van der Waals surface area contributed by atoms with Crippen LogP contribution in [0.25, 0.3) is 0 Å². The van der Waals surface area contributed by atoms with Crippen molar-refractivity contribution in [2.24, 2.45) is 0 Å². The molecule has 0 saturated carbocycles. The smallest absolute Gasteiger partial charge is 0.224 e. The van der Waals surface area contributed by atoms with Crippen LogP contribution in [-0.4, -0.2) is 11.7 Å². The minimum absolute atomic E-state index is 0.0298. The van der Waals surface area contributed by atoms with Gasteiger partial charge < -0.3 is 5.32 Å². The van der Waals surface area contributed by atoms with E-state index in [9.17, 15) is 9.59 Å². The van der Waals surface area contributed by atoms with Crippen LogP contribution in [0.3, 0.4) is 0 Å². The number of halogens is 1. The minimum atomic E-state index is -0.214. The van der Waals surface area contributed by atoms with Gasteiger partial charge in [0.15, 0.2) is 5.78 Å². The first-order valence-electron chi connectivity index (χ1n) is 7.67. The fraction of sp³-hybridized carbons (Fsp3) is 0.263. The van der Waals surface area contributed by atoms with E-state index in [2.05, 4.69) is 12.2 Å². The molecule has 0 bridgehead atoms. The van der Waals surface area contributed by atoms with Crippen molar-refractivity contribution in [3.8, 4) is 0 Å². The summed E-state index contributed by atoms with van der Waals surface area (Å²) in [6.45, 7) is 4.00. The highest BCUT2D eigenvalue weighted by atomic mass is 35.5. The topological polar surface area (TPSA) is 46.2 Å². The third kappa shape index (κ3) is 4.93. The van der Waals surface area contributed by atoms with Crippen LogP contribution < -0.4 is 5.32 Å². The maximum Gasteiger partial charge on any atom is 0.224 e. The Hall–Kier alpha value is -2.13. The molecule has 1 amide bonds. The molecule has 2 rings (SSSR count). The molecular formula is C19H20ClNO2. The highest BCUT2D eigenvalue weighted by Crippen LogP contribution is 2.23. The predicted molar refractivity (Wildman–Crippen MR) is 94.2 cm³/mol. The maximum absolute atomic E-state index is 12.1. The lowest BCUT2D eigenvalue weighted by Gasteiger charge is -2.08. The van der Waals surface area contributed by atoms with E-state index in [1.54, 1.807) is 12.1 Å². The zero-order chi connectivity index (χ0) is 16.8. The molecule has 0 spiro atoms. The van der Waals surface area contributed by atoms with Gasteiger partial charge in [-0.15, -0.1) is 0 Å². The summed E-state index contributed by atoms with van der Waals surface area (Å²) in [6, 6.07) is 12.9. The Bertz CT molecular complexity index is 708. The largest absolute Gasteiger partial charge is 0.325 e. The molecule has 4 heteroatoms. The first-order valence-corrected chi connectivity index (χ1v) is 8.05. The molecule has 0 saturated heterocycles. The zero-order valence-corrected chi connectivity index (χ0v) is 14.1. The number of hydrogen-bond acceptors (Lipinski definition) is 2. The van der Waals surface area contributed by atoms with Gasteiger partial charge in [0.25, 0.3) is 0 Å². The number of rotatable bonds is 6. The van der Waals surface area contributed by atoms with Crippen molar-refractivity contribution in [3.63, 3.8) is 0 Å². The van der Waals surface area contributed by atoms with Crippen molar-refractivity contribution in [3.05, 3.63) is 64.2 Å². The van der Waals surface area contributed by atoms with Gasteiger partial charge in [-0.25, -0.2) is 0 Å². The molecule has 3 nitrogen and oxygen atoms in total. The van der Waals surface area contributed by atoms with Crippen LogP contribution in [0.4, 0.5) is 5.69 Å². The Labute approximate surface area is 141 Å². The van der Waals surface area contributed by atoms with Gasteiger partial charge in [-0.05, 0) is 36.6 Å². The second-order valence-corrected chi connectivity index (χ2v) is 5.91. The van der Waals surface area contributed by atoms with Crippen molar-refractivity contribution >= 4 is 29.0 Å². The SMILES string of the molecule is CCc1ccc(C(=O)CCC(=O)Nc2ccc(C)cc2Cl)cc1. The van der Waals surface area contributed by atoms with E-state index < -0.39 is 0 Å². The number of carbonyl (C=O) groups excluding carboxylic acids is 2. The lowest BCUT2D eigenvalue weighted by Crippen LogP contribution is -2.13. The molecule has 0 atom stereocenters. The monoisotopic (exact) mass is 329 g/mol. The third-order valence-electron chi connectivity index (χ3n) is 3.66. The second-order valence-electron chi connectivity index (χ2n) is 5.51. The van der Waals surface area contributed by atoms with E-state index in [0.29, 0.717) is 16.3 Å². The number of carbonyl (C=O) groups is 2.